The molecule has 3 rings (SSSR count). The first-order valence-corrected chi connectivity index (χ1v) is 10.6. The predicted octanol–water partition coefficient (Wildman–Crippen LogP) is 3.94. The third-order valence-corrected chi connectivity index (χ3v) is 5.08. The van der Waals surface area contributed by atoms with E-state index in [9.17, 15) is 19.7 Å². The molecule has 174 valence electrons. The van der Waals surface area contributed by atoms with Crippen molar-refractivity contribution in [1.29, 1.82) is 0 Å². The monoisotopic (exact) mass is 474 g/mol. The van der Waals surface area contributed by atoms with Crippen molar-refractivity contribution in [3.8, 4) is 11.5 Å². The number of aromatic amines is 1. The topological polar surface area (TPSA) is 128 Å². The highest BCUT2D eigenvalue weighted by atomic mass is 35.5. The van der Waals surface area contributed by atoms with Gasteiger partial charge in [0, 0.05) is 17.6 Å². The molecule has 1 heterocycles. The van der Waals surface area contributed by atoms with E-state index in [1.807, 2.05) is 6.92 Å². The van der Waals surface area contributed by atoms with Crippen LogP contribution < -0.4 is 15.0 Å². The van der Waals surface area contributed by atoms with Crippen molar-refractivity contribution in [2.75, 3.05) is 20.3 Å². The number of nitrogens with zero attached hydrogens (tertiary/aromatic N) is 3. The maximum Gasteiger partial charge on any atom is 0.286 e. The summed E-state index contributed by atoms with van der Waals surface area (Å²) in [5, 5.41) is 12.5. The van der Waals surface area contributed by atoms with Gasteiger partial charge in [0.1, 0.15) is 11.4 Å². The number of nitrogens with one attached hydrogen (secondary N) is 1. The Balaban J connectivity index is 2.04. The summed E-state index contributed by atoms with van der Waals surface area (Å²) in [6.45, 7) is 4.12. The summed E-state index contributed by atoms with van der Waals surface area (Å²) >= 11 is 6.02. The van der Waals surface area contributed by atoms with Gasteiger partial charge in [0.05, 0.1) is 42.2 Å². The van der Waals surface area contributed by atoms with Crippen LogP contribution in [0.25, 0.3) is 10.9 Å². The maximum absolute atomic E-state index is 13.4. The van der Waals surface area contributed by atoms with E-state index in [0.29, 0.717) is 22.3 Å². The van der Waals surface area contributed by atoms with Gasteiger partial charge in [0.25, 0.3) is 17.2 Å². The van der Waals surface area contributed by atoms with E-state index < -0.39 is 16.5 Å². The lowest BCUT2D eigenvalue weighted by molar-refractivity contribution is -0.385. The Morgan fingerprint density at radius 2 is 2.00 bits per heavy atom. The zero-order valence-electron chi connectivity index (χ0n) is 18.4. The summed E-state index contributed by atoms with van der Waals surface area (Å²) in [4.78, 5) is 45.4. The Bertz CT molecular complexity index is 1260. The van der Waals surface area contributed by atoms with Gasteiger partial charge in [-0.25, -0.2) is 4.98 Å². The molecule has 0 aliphatic carbocycles. The van der Waals surface area contributed by atoms with Crippen molar-refractivity contribution in [3.05, 3.63) is 67.2 Å². The molecule has 0 bridgehead atoms. The van der Waals surface area contributed by atoms with Crippen LogP contribution in [0, 0.1) is 10.1 Å². The minimum atomic E-state index is -0.645. The van der Waals surface area contributed by atoms with Crippen molar-refractivity contribution < 1.29 is 19.2 Å². The zero-order chi connectivity index (χ0) is 24.1. The Hall–Kier alpha value is -3.66. The fraction of sp³-hybridized carbons (Fsp3) is 0.318. The highest BCUT2D eigenvalue weighted by Gasteiger charge is 2.28. The van der Waals surface area contributed by atoms with Gasteiger partial charge >= 0.3 is 0 Å². The van der Waals surface area contributed by atoms with E-state index in [4.69, 9.17) is 21.1 Å². The number of H-pyrrole nitrogens is 1. The number of nitro benzene ring substituents is 1. The lowest BCUT2D eigenvalue weighted by Gasteiger charge is -2.22. The second kappa shape index (κ2) is 10.3. The van der Waals surface area contributed by atoms with Gasteiger partial charge in [-0.1, -0.05) is 18.5 Å². The van der Waals surface area contributed by atoms with Crippen molar-refractivity contribution in [1.82, 2.24) is 14.9 Å². The van der Waals surface area contributed by atoms with Crippen LogP contribution in [-0.2, 0) is 6.54 Å². The summed E-state index contributed by atoms with van der Waals surface area (Å²) in [5.41, 5.74) is -0.541. The molecule has 1 aromatic heterocycles. The predicted molar refractivity (Wildman–Crippen MR) is 123 cm³/mol. The molecular formula is C22H23ClN4O6. The number of carbonyl (C=O) groups is 1. The number of rotatable bonds is 9. The van der Waals surface area contributed by atoms with Crippen LogP contribution in [0.1, 0.15) is 36.5 Å². The summed E-state index contributed by atoms with van der Waals surface area (Å²) in [5.74, 6) is 0.00980. The SMILES string of the molecule is CCCN(Cc1nc2cc(Cl)ccc2c(=O)[nH]1)C(=O)c1cc(OCC)c(OC)cc1[N+](=O)[O-]. The van der Waals surface area contributed by atoms with Crippen LogP contribution in [0.15, 0.2) is 35.1 Å². The number of hydrogen-bond acceptors (Lipinski definition) is 7. The molecule has 0 aliphatic heterocycles. The fourth-order valence-corrected chi connectivity index (χ4v) is 3.58. The number of halogens is 1. The average molecular weight is 475 g/mol. The maximum atomic E-state index is 13.4. The molecule has 1 N–H and O–H groups in total. The molecule has 0 saturated heterocycles. The molecule has 0 aliphatic rings. The van der Waals surface area contributed by atoms with Crippen LogP contribution in [-0.4, -0.2) is 46.0 Å². The van der Waals surface area contributed by atoms with Crippen molar-refractivity contribution in [3.63, 3.8) is 0 Å². The molecular weight excluding hydrogens is 452 g/mol. The van der Waals surface area contributed by atoms with Crippen LogP contribution in [0.4, 0.5) is 5.69 Å². The largest absolute Gasteiger partial charge is 0.493 e. The molecule has 3 aromatic rings. The summed E-state index contributed by atoms with van der Waals surface area (Å²) in [6, 6.07) is 7.19. The molecule has 0 radical (unpaired) electrons. The van der Waals surface area contributed by atoms with Crippen LogP contribution in [0.3, 0.4) is 0 Å². The van der Waals surface area contributed by atoms with Crippen LogP contribution >= 0.6 is 11.6 Å². The van der Waals surface area contributed by atoms with Gasteiger partial charge < -0.3 is 19.4 Å². The van der Waals surface area contributed by atoms with Gasteiger partial charge in [-0.15, -0.1) is 0 Å². The summed E-state index contributed by atoms with van der Waals surface area (Å²) in [6.07, 6.45) is 0.581. The summed E-state index contributed by atoms with van der Waals surface area (Å²) in [7, 11) is 1.36. The number of hydrogen-bond donors (Lipinski definition) is 1. The fourth-order valence-electron chi connectivity index (χ4n) is 3.41. The molecule has 2 aromatic carbocycles. The van der Waals surface area contributed by atoms with Crippen LogP contribution in [0.2, 0.25) is 5.02 Å². The molecule has 11 heteroatoms. The minimum Gasteiger partial charge on any atom is -0.493 e. The van der Waals surface area contributed by atoms with Crippen molar-refractivity contribution in [2.24, 2.45) is 0 Å². The first-order chi connectivity index (χ1) is 15.8. The number of amides is 1. The Labute approximate surface area is 194 Å². The highest BCUT2D eigenvalue weighted by molar-refractivity contribution is 6.31. The molecule has 1 amide bonds. The van der Waals surface area contributed by atoms with Gasteiger partial charge in [-0.05, 0) is 31.5 Å². The Morgan fingerprint density at radius 3 is 2.64 bits per heavy atom. The van der Waals surface area contributed by atoms with Gasteiger partial charge in [-0.2, -0.15) is 0 Å². The number of aromatic nitrogens is 2. The van der Waals surface area contributed by atoms with Gasteiger partial charge in [-0.3, -0.25) is 19.7 Å². The summed E-state index contributed by atoms with van der Waals surface area (Å²) < 4.78 is 10.7. The Morgan fingerprint density at radius 1 is 1.24 bits per heavy atom. The zero-order valence-corrected chi connectivity index (χ0v) is 19.1. The minimum absolute atomic E-state index is 0.0580. The highest BCUT2D eigenvalue weighted by Crippen LogP contribution is 2.35. The molecule has 0 unspecified atom stereocenters. The number of ether oxygens (including phenoxy) is 2. The molecule has 0 spiro atoms. The molecule has 0 fully saturated rings. The van der Waals surface area contributed by atoms with E-state index in [-0.39, 0.29) is 48.1 Å². The first-order valence-electron chi connectivity index (χ1n) is 10.3. The van der Waals surface area contributed by atoms with Crippen molar-refractivity contribution in [2.45, 2.75) is 26.8 Å². The lowest BCUT2D eigenvalue weighted by Crippen LogP contribution is -2.33. The molecule has 33 heavy (non-hydrogen) atoms. The third kappa shape index (κ3) is 5.23. The first kappa shape index (κ1) is 24.0. The number of carbonyl (C=O) groups excluding carboxylic acids is 1. The molecule has 0 saturated carbocycles. The van der Waals surface area contributed by atoms with E-state index in [1.165, 1.54) is 24.1 Å². The van der Waals surface area contributed by atoms with Gasteiger partial charge in [0.15, 0.2) is 11.5 Å². The number of methoxy groups -OCH3 is 1. The number of benzene rings is 2. The standard InChI is InChI=1S/C22H23ClN4O6/c1-4-8-26(12-20-24-16-9-13(23)6-7-14(16)21(28)25-20)22(29)15-10-19(33-5-2)18(32-3)11-17(15)27(30)31/h6-7,9-11H,4-5,8,12H2,1-3H3,(H,24,25,28). The second-order valence-corrected chi connectivity index (χ2v) is 7.55. The van der Waals surface area contributed by atoms with Crippen molar-refractivity contribution >= 4 is 34.1 Å². The Kier molecular flexibility index (Phi) is 7.49. The second-order valence-electron chi connectivity index (χ2n) is 7.11. The molecule has 0 atom stereocenters. The molecule has 10 nitrogen and oxygen atoms in total. The number of fused-ring (bicyclic) bond motifs is 1. The van der Waals surface area contributed by atoms with E-state index in [0.717, 1.165) is 0 Å². The van der Waals surface area contributed by atoms with E-state index in [1.54, 1.807) is 25.1 Å². The quantitative estimate of drug-likeness (QED) is 0.367. The average Bonchev–Trinajstić information content (AvgIpc) is 2.77. The lowest BCUT2D eigenvalue weighted by atomic mass is 10.1. The van der Waals surface area contributed by atoms with Gasteiger partial charge in [0.2, 0.25) is 0 Å². The smallest absolute Gasteiger partial charge is 0.286 e. The van der Waals surface area contributed by atoms with E-state index in [2.05, 4.69) is 9.97 Å². The normalized spacial score (nSPS) is 10.8. The van der Waals surface area contributed by atoms with Crippen LogP contribution in [0.5, 0.6) is 11.5 Å². The number of nitro groups is 1. The van der Waals surface area contributed by atoms with E-state index >= 15 is 0 Å². The third-order valence-electron chi connectivity index (χ3n) is 4.85.